The van der Waals surface area contributed by atoms with Gasteiger partial charge in [0, 0.05) is 18.7 Å². The number of rotatable bonds is 2. The summed E-state index contributed by atoms with van der Waals surface area (Å²) in [7, 11) is 0. The predicted molar refractivity (Wildman–Crippen MR) is 74.8 cm³/mol. The Morgan fingerprint density at radius 3 is 2.58 bits per heavy atom. The number of benzene rings is 1. The molecule has 1 heterocycles. The Hall–Kier alpha value is -1.84. The highest BCUT2D eigenvalue weighted by Crippen LogP contribution is 2.29. The van der Waals surface area contributed by atoms with E-state index in [4.69, 9.17) is 5.73 Å². The minimum Gasteiger partial charge on any atom is -0.369 e. The van der Waals surface area contributed by atoms with Crippen molar-refractivity contribution in [3.63, 3.8) is 0 Å². The fourth-order valence-corrected chi connectivity index (χ4v) is 2.29. The van der Waals surface area contributed by atoms with Crippen LogP contribution in [0.15, 0.2) is 24.3 Å². The molecule has 1 fully saturated rings. The highest BCUT2D eigenvalue weighted by Gasteiger charge is 2.34. The molecule has 0 saturated carbocycles. The lowest BCUT2D eigenvalue weighted by atomic mass is 9.87. The monoisotopic (exact) mass is 260 g/mol. The van der Waals surface area contributed by atoms with Crippen molar-refractivity contribution in [2.45, 2.75) is 32.6 Å². The van der Waals surface area contributed by atoms with Crippen molar-refractivity contribution in [2.24, 2.45) is 11.7 Å². The van der Waals surface area contributed by atoms with E-state index in [0.29, 0.717) is 6.54 Å². The van der Waals surface area contributed by atoms with Crippen molar-refractivity contribution >= 4 is 17.5 Å². The topological polar surface area (TPSA) is 63.4 Å². The fourth-order valence-electron chi connectivity index (χ4n) is 2.29. The zero-order valence-electron chi connectivity index (χ0n) is 11.6. The Labute approximate surface area is 113 Å². The Kier molecular flexibility index (Phi) is 3.35. The molecular weight excluding hydrogens is 240 g/mol. The van der Waals surface area contributed by atoms with Crippen LogP contribution in [0.25, 0.3) is 0 Å². The molecule has 1 saturated heterocycles. The minimum atomic E-state index is -0.400. The lowest BCUT2D eigenvalue weighted by Gasteiger charge is -2.23. The summed E-state index contributed by atoms with van der Waals surface area (Å²) < 4.78 is 0. The van der Waals surface area contributed by atoms with Gasteiger partial charge in [-0.15, -0.1) is 0 Å². The number of primary amides is 1. The van der Waals surface area contributed by atoms with Gasteiger partial charge in [-0.3, -0.25) is 9.59 Å². The quantitative estimate of drug-likeness (QED) is 0.881. The van der Waals surface area contributed by atoms with Crippen LogP contribution in [0.3, 0.4) is 0 Å². The van der Waals surface area contributed by atoms with Gasteiger partial charge >= 0.3 is 0 Å². The first-order chi connectivity index (χ1) is 8.79. The van der Waals surface area contributed by atoms with E-state index in [-0.39, 0.29) is 23.7 Å². The highest BCUT2D eigenvalue weighted by molar-refractivity contribution is 6.00. The second-order valence-corrected chi connectivity index (χ2v) is 6.11. The minimum absolute atomic E-state index is 0.0296. The normalized spacial score (nSPS) is 19.8. The van der Waals surface area contributed by atoms with Gasteiger partial charge in [0.25, 0.3) is 0 Å². The first kappa shape index (κ1) is 13.6. The zero-order chi connectivity index (χ0) is 14.2. The fraction of sp³-hybridized carbons (Fsp3) is 0.467. The first-order valence-corrected chi connectivity index (χ1v) is 6.49. The molecule has 0 bridgehead atoms. The molecule has 4 heteroatoms. The summed E-state index contributed by atoms with van der Waals surface area (Å²) in [5.41, 5.74) is 7.33. The van der Waals surface area contributed by atoms with Gasteiger partial charge in [0.1, 0.15) is 0 Å². The van der Waals surface area contributed by atoms with Crippen molar-refractivity contribution in [3.05, 3.63) is 29.8 Å². The summed E-state index contributed by atoms with van der Waals surface area (Å²) >= 11 is 0. The average Bonchev–Trinajstić information content (AvgIpc) is 2.71. The zero-order valence-corrected chi connectivity index (χ0v) is 11.6. The van der Waals surface area contributed by atoms with E-state index >= 15 is 0 Å². The number of nitrogens with zero attached hydrogens (tertiary/aromatic N) is 1. The van der Waals surface area contributed by atoms with Crippen molar-refractivity contribution in [1.82, 2.24) is 0 Å². The van der Waals surface area contributed by atoms with E-state index in [1.807, 2.05) is 18.2 Å². The Morgan fingerprint density at radius 2 is 2.05 bits per heavy atom. The first-order valence-electron chi connectivity index (χ1n) is 6.49. The molecule has 1 aromatic carbocycles. The van der Waals surface area contributed by atoms with Gasteiger partial charge in [0.15, 0.2) is 0 Å². The van der Waals surface area contributed by atoms with Crippen LogP contribution in [-0.4, -0.2) is 18.4 Å². The SMILES string of the molecule is CC(C)(C)c1cccc(N2CC(C(N)=O)CC2=O)c1. The molecule has 1 aromatic rings. The van der Waals surface area contributed by atoms with Gasteiger partial charge in [-0.1, -0.05) is 32.9 Å². The molecule has 0 spiro atoms. The van der Waals surface area contributed by atoms with E-state index in [0.717, 1.165) is 5.69 Å². The van der Waals surface area contributed by atoms with Crippen LogP contribution >= 0.6 is 0 Å². The lowest BCUT2D eigenvalue weighted by Crippen LogP contribution is -2.28. The van der Waals surface area contributed by atoms with E-state index in [9.17, 15) is 9.59 Å². The number of hydrogen-bond acceptors (Lipinski definition) is 2. The lowest BCUT2D eigenvalue weighted by molar-refractivity contribution is -0.123. The van der Waals surface area contributed by atoms with Crippen LogP contribution in [0.2, 0.25) is 0 Å². The molecule has 2 rings (SSSR count). The number of carbonyl (C=O) groups excluding carboxylic acids is 2. The summed E-state index contributed by atoms with van der Waals surface area (Å²) in [6.07, 6.45) is 0.217. The molecule has 0 aliphatic carbocycles. The van der Waals surface area contributed by atoms with E-state index in [1.165, 1.54) is 5.56 Å². The smallest absolute Gasteiger partial charge is 0.227 e. The molecule has 1 aliphatic heterocycles. The van der Waals surface area contributed by atoms with Gasteiger partial charge in [-0.05, 0) is 23.1 Å². The molecule has 1 unspecified atom stereocenters. The average molecular weight is 260 g/mol. The van der Waals surface area contributed by atoms with Gasteiger partial charge in [0.2, 0.25) is 11.8 Å². The van der Waals surface area contributed by atoms with Gasteiger partial charge in [-0.2, -0.15) is 0 Å². The maximum absolute atomic E-state index is 12.0. The third-order valence-electron chi connectivity index (χ3n) is 3.55. The summed E-state index contributed by atoms with van der Waals surface area (Å²) in [6, 6.07) is 7.91. The summed E-state index contributed by atoms with van der Waals surface area (Å²) in [5, 5.41) is 0. The van der Waals surface area contributed by atoms with Gasteiger partial charge < -0.3 is 10.6 Å². The molecular formula is C15H20N2O2. The standard InChI is InChI=1S/C15H20N2O2/c1-15(2,3)11-5-4-6-12(8-11)17-9-10(14(16)19)7-13(17)18/h4-6,8,10H,7,9H2,1-3H3,(H2,16,19). The summed E-state index contributed by atoms with van der Waals surface area (Å²) in [6.45, 7) is 6.78. The van der Waals surface area contributed by atoms with Gasteiger partial charge in [0.05, 0.1) is 5.92 Å². The molecule has 1 atom stereocenters. The number of carbonyl (C=O) groups is 2. The van der Waals surface area contributed by atoms with E-state index in [1.54, 1.807) is 4.90 Å². The van der Waals surface area contributed by atoms with E-state index < -0.39 is 5.91 Å². The Morgan fingerprint density at radius 1 is 1.37 bits per heavy atom. The van der Waals surface area contributed by atoms with Crippen LogP contribution in [0.1, 0.15) is 32.8 Å². The van der Waals surface area contributed by atoms with Crippen LogP contribution < -0.4 is 10.6 Å². The molecule has 19 heavy (non-hydrogen) atoms. The molecule has 0 radical (unpaired) electrons. The molecule has 4 nitrogen and oxygen atoms in total. The maximum atomic E-state index is 12.0. The predicted octanol–water partition coefficient (Wildman–Crippen LogP) is 1.82. The second kappa shape index (κ2) is 4.68. The molecule has 0 aromatic heterocycles. The molecule has 102 valence electrons. The summed E-state index contributed by atoms with van der Waals surface area (Å²) in [5.74, 6) is -0.802. The number of anilines is 1. The van der Waals surface area contributed by atoms with Crippen LogP contribution in [-0.2, 0) is 15.0 Å². The van der Waals surface area contributed by atoms with Crippen molar-refractivity contribution in [3.8, 4) is 0 Å². The molecule has 2 amide bonds. The Balaban J connectivity index is 2.28. The maximum Gasteiger partial charge on any atom is 0.227 e. The number of hydrogen-bond donors (Lipinski definition) is 1. The number of nitrogens with two attached hydrogens (primary N) is 1. The second-order valence-electron chi connectivity index (χ2n) is 6.11. The van der Waals surface area contributed by atoms with Crippen molar-refractivity contribution < 1.29 is 9.59 Å². The molecule has 1 aliphatic rings. The third kappa shape index (κ3) is 2.78. The highest BCUT2D eigenvalue weighted by atomic mass is 16.2. The largest absolute Gasteiger partial charge is 0.369 e. The summed E-state index contributed by atoms with van der Waals surface area (Å²) in [4.78, 5) is 24.8. The number of amides is 2. The van der Waals surface area contributed by atoms with Crippen LogP contribution in [0.4, 0.5) is 5.69 Å². The molecule has 2 N–H and O–H groups in total. The van der Waals surface area contributed by atoms with Crippen LogP contribution in [0.5, 0.6) is 0 Å². The van der Waals surface area contributed by atoms with Crippen molar-refractivity contribution in [1.29, 1.82) is 0 Å². The van der Waals surface area contributed by atoms with Crippen molar-refractivity contribution in [2.75, 3.05) is 11.4 Å². The van der Waals surface area contributed by atoms with Crippen LogP contribution in [0, 0.1) is 5.92 Å². The van der Waals surface area contributed by atoms with Gasteiger partial charge in [-0.25, -0.2) is 0 Å². The Bertz CT molecular complexity index is 517. The third-order valence-corrected chi connectivity index (χ3v) is 3.55. The van der Waals surface area contributed by atoms with E-state index in [2.05, 4.69) is 26.8 Å².